The Morgan fingerprint density at radius 2 is 1.60 bits per heavy atom. The maximum absolute atomic E-state index is 14.6. The van der Waals surface area contributed by atoms with Crippen LogP contribution in [0.25, 0.3) is 5.76 Å². The number of carbonyl (C=O) groups excluding carboxylic acids is 4. The van der Waals surface area contributed by atoms with Gasteiger partial charge in [0, 0.05) is 40.7 Å². The Kier molecular flexibility index (Phi) is 7.76. The molecule has 0 aromatic heterocycles. The molecule has 0 saturated heterocycles. The van der Waals surface area contributed by atoms with Crippen molar-refractivity contribution in [2.75, 3.05) is 0 Å². The minimum atomic E-state index is -2.67. The second-order valence-corrected chi connectivity index (χ2v) is 14.3. The topological polar surface area (TPSA) is 149 Å². The molecule has 0 heterocycles. The molecule has 4 N–H and O–H groups in total. The summed E-state index contributed by atoms with van der Waals surface area (Å²) in [6, 6.07) is 11.0. The maximum atomic E-state index is 14.6. The van der Waals surface area contributed by atoms with Gasteiger partial charge in [-0.05, 0) is 48.3 Å². The number of fused-ring (bicyclic) bond motifs is 3. The van der Waals surface area contributed by atoms with Gasteiger partial charge >= 0.3 is 0 Å². The zero-order valence-electron chi connectivity index (χ0n) is 26.9. The summed E-state index contributed by atoms with van der Waals surface area (Å²) in [5, 5.41) is 47.1. The standard InChI is InChI=1S/C37H42O8/c1-18(2)24-15-22(14-23(39)13-21-11-9-8-10-12-21)30(40)27-25(24)16-35(6)17-36(7)28(19(3)4)31(41)26(20(5)38)33(43)37(36,45)34(44)29(35)32(27)42/h8-12,15,18-19,28,40,42-43,45H,13-14,16-17H2,1-7H3/t28?,35-,36-,37+/m1/s1. The molecule has 4 atom stereocenters. The molecule has 0 radical (unpaired) electrons. The molecule has 8 nitrogen and oxygen atoms in total. The third-order valence-corrected chi connectivity index (χ3v) is 10.4. The van der Waals surface area contributed by atoms with Crippen molar-refractivity contribution in [3.8, 4) is 5.75 Å². The quantitative estimate of drug-likeness (QED) is 0.292. The molecule has 8 heteroatoms. The van der Waals surface area contributed by atoms with Crippen molar-refractivity contribution in [3.63, 3.8) is 0 Å². The van der Waals surface area contributed by atoms with E-state index in [-0.39, 0.29) is 54.3 Å². The number of benzene rings is 2. The lowest BCUT2D eigenvalue weighted by Crippen LogP contribution is -2.69. The minimum Gasteiger partial charge on any atom is -0.508 e. The van der Waals surface area contributed by atoms with Gasteiger partial charge in [-0.3, -0.25) is 19.2 Å². The zero-order chi connectivity index (χ0) is 33.4. The fraction of sp³-hybridized carbons (Fsp3) is 0.459. The molecular weight excluding hydrogens is 572 g/mol. The summed E-state index contributed by atoms with van der Waals surface area (Å²) in [5.74, 6) is -5.82. The van der Waals surface area contributed by atoms with E-state index >= 15 is 0 Å². The van der Waals surface area contributed by atoms with Gasteiger partial charge < -0.3 is 20.4 Å². The molecule has 0 amide bonds. The molecular formula is C37H42O8. The van der Waals surface area contributed by atoms with Crippen molar-refractivity contribution in [1.29, 1.82) is 0 Å². The van der Waals surface area contributed by atoms with E-state index in [1.807, 2.05) is 44.2 Å². The molecule has 1 fully saturated rings. The molecule has 3 aliphatic rings. The largest absolute Gasteiger partial charge is 0.508 e. The Morgan fingerprint density at radius 3 is 2.16 bits per heavy atom. The van der Waals surface area contributed by atoms with Gasteiger partial charge in [0.25, 0.3) is 0 Å². The predicted octanol–water partition coefficient (Wildman–Crippen LogP) is 5.67. The van der Waals surface area contributed by atoms with Crippen molar-refractivity contribution in [2.24, 2.45) is 22.7 Å². The van der Waals surface area contributed by atoms with Crippen LogP contribution in [0, 0.1) is 22.7 Å². The van der Waals surface area contributed by atoms with Gasteiger partial charge in [0.2, 0.25) is 5.78 Å². The van der Waals surface area contributed by atoms with E-state index in [9.17, 15) is 39.6 Å². The summed E-state index contributed by atoms with van der Waals surface area (Å²) in [6.07, 6.45) is 0.276. The van der Waals surface area contributed by atoms with Crippen molar-refractivity contribution < 1.29 is 39.6 Å². The van der Waals surface area contributed by atoms with E-state index in [0.717, 1.165) is 18.1 Å². The third kappa shape index (κ3) is 4.59. The number of aromatic hydroxyl groups is 1. The Morgan fingerprint density at radius 1 is 0.978 bits per heavy atom. The fourth-order valence-corrected chi connectivity index (χ4v) is 8.62. The third-order valence-electron chi connectivity index (χ3n) is 10.4. The molecule has 238 valence electrons. The van der Waals surface area contributed by atoms with Crippen molar-refractivity contribution >= 4 is 28.9 Å². The zero-order valence-corrected chi connectivity index (χ0v) is 26.9. The highest BCUT2D eigenvalue weighted by atomic mass is 16.3. The van der Waals surface area contributed by atoms with Crippen LogP contribution in [0.4, 0.5) is 0 Å². The van der Waals surface area contributed by atoms with Crippen LogP contribution in [0.15, 0.2) is 53.3 Å². The Balaban J connectivity index is 1.72. The second-order valence-electron chi connectivity index (χ2n) is 14.3. The van der Waals surface area contributed by atoms with Crippen molar-refractivity contribution in [1.82, 2.24) is 0 Å². The van der Waals surface area contributed by atoms with Gasteiger partial charge in [-0.1, -0.05) is 77.9 Å². The summed E-state index contributed by atoms with van der Waals surface area (Å²) in [6.45, 7) is 12.0. The second kappa shape index (κ2) is 10.8. The average molecular weight is 615 g/mol. The highest BCUT2D eigenvalue weighted by Crippen LogP contribution is 2.65. The monoisotopic (exact) mass is 614 g/mol. The van der Waals surface area contributed by atoms with Crippen LogP contribution in [-0.4, -0.2) is 49.2 Å². The normalized spacial score (nSPS) is 27.9. The molecule has 5 rings (SSSR count). The number of hydrogen-bond acceptors (Lipinski definition) is 8. The predicted molar refractivity (Wildman–Crippen MR) is 169 cm³/mol. The van der Waals surface area contributed by atoms with Gasteiger partial charge in [-0.25, -0.2) is 0 Å². The smallest absolute Gasteiger partial charge is 0.203 e. The number of allylic oxidation sites excluding steroid dienone is 1. The first-order valence-corrected chi connectivity index (χ1v) is 15.5. The van der Waals surface area contributed by atoms with Crippen LogP contribution in [0.1, 0.15) is 88.6 Å². The van der Waals surface area contributed by atoms with Gasteiger partial charge in [-0.2, -0.15) is 0 Å². The molecule has 0 spiro atoms. The van der Waals surface area contributed by atoms with Crippen LogP contribution in [-0.2, 0) is 38.4 Å². The Bertz CT molecular complexity index is 1710. The first kappa shape index (κ1) is 32.4. The van der Waals surface area contributed by atoms with Crippen LogP contribution in [0.5, 0.6) is 5.75 Å². The molecule has 0 aliphatic heterocycles. The molecule has 1 saturated carbocycles. The van der Waals surface area contributed by atoms with Gasteiger partial charge in [0.1, 0.15) is 28.6 Å². The highest BCUT2D eigenvalue weighted by molar-refractivity contribution is 6.24. The Labute approximate surface area is 263 Å². The van der Waals surface area contributed by atoms with Crippen molar-refractivity contribution in [3.05, 3.63) is 81.1 Å². The summed E-state index contributed by atoms with van der Waals surface area (Å²) >= 11 is 0. The number of aliphatic hydroxyl groups excluding tert-OH is 2. The van der Waals surface area contributed by atoms with Gasteiger partial charge in [0.15, 0.2) is 17.2 Å². The van der Waals surface area contributed by atoms with Crippen molar-refractivity contribution in [2.45, 2.75) is 85.7 Å². The molecule has 1 unspecified atom stereocenters. The number of hydrogen-bond donors (Lipinski definition) is 4. The molecule has 3 aliphatic carbocycles. The molecule has 0 bridgehead atoms. The summed E-state index contributed by atoms with van der Waals surface area (Å²) in [5.41, 5.74) is -3.48. The van der Waals surface area contributed by atoms with Crippen LogP contribution in [0.3, 0.4) is 0 Å². The number of aliphatic hydroxyl groups is 3. The number of rotatable bonds is 7. The Hall–Kier alpha value is -4.04. The number of ketones is 4. The average Bonchev–Trinajstić information content (AvgIpc) is 2.92. The lowest BCUT2D eigenvalue weighted by molar-refractivity contribution is -0.178. The fourth-order valence-electron chi connectivity index (χ4n) is 8.62. The number of Topliss-reactive ketones (excluding diaryl/α,β-unsaturated/α-hetero) is 4. The molecule has 2 aromatic carbocycles. The van der Waals surface area contributed by atoms with Gasteiger partial charge in [-0.15, -0.1) is 0 Å². The summed E-state index contributed by atoms with van der Waals surface area (Å²) in [7, 11) is 0. The lowest BCUT2D eigenvalue weighted by Gasteiger charge is -2.60. The SMILES string of the molecule is CC(=O)C1=C(O)[C@]2(O)C(=O)C3=C(O)c4c(O)c(CC(=O)Cc5ccccc5)cc(C(C)C)c4C[C@]3(C)C[C@]2(C)C(C(C)C)C1=O. The van der Waals surface area contributed by atoms with E-state index in [0.29, 0.717) is 11.1 Å². The summed E-state index contributed by atoms with van der Waals surface area (Å²) < 4.78 is 0. The highest BCUT2D eigenvalue weighted by Gasteiger charge is 2.72. The lowest BCUT2D eigenvalue weighted by atomic mass is 9.43. The van der Waals surface area contributed by atoms with E-state index in [1.54, 1.807) is 33.8 Å². The van der Waals surface area contributed by atoms with E-state index in [2.05, 4.69) is 0 Å². The summed E-state index contributed by atoms with van der Waals surface area (Å²) in [4.78, 5) is 54.0. The number of phenolic OH excluding ortho intramolecular Hbond substituents is 1. The van der Waals surface area contributed by atoms with E-state index in [4.69, 9.17) is 0 Å². The number of phenols is 1. The van der Waals surface area contributed by atoms with Crippen LogP contribution in [0.2, 0.25) is 0 Å². The van der Waals surface area contributed by atoms with E-state index < -0.39 is 62.7 Å². The minimum absolute atomic E-state index is 0.0271. The van der Waals surface area contributed by atoms with E-state index in [1.165, 1.54) is 0 Å². The number of carbonyl (C=O) groups is 4. The first-order chi connectivity index (χ1) is 20.9. The molecule has 45 heavy (non-hydrogen) atoms. The van der Waals surface area contributed by atoms with Crippen LogP contribution < -0.4 is 0 Å². The van der Waals surface area contributed by atoms with Gasteiger partial charge in [0.05, 0.1) is 5.56 Å². The maximum Gasteiger partial charge on any atom is 0.203 e. The first-order valence-electron chi connectivity index (χ1n) is 15.5. The molecule has 2 aromatic rings. The van der Waals surface area contributed by atoms with Crippen LogP contribution >= 0.6 is 0 Å².